The summed E-state index contributed by atoms with van der Waals surface area (Å²) < 4.78 is 0. The summed E-state index contributed by atoms with van der Waals surface area (Å²) in [4.78, 5) is 23.6. The molecule has 1 amide bonds. The van der Waals surface area contributed by atoms with Crippen LogP contribution in [0.2, 0.25) is 0 Å². The first-order chi connectivity index (χ1) is 10.3. The monoisotopic (exact) mass is 301 g/mol. The van der Waals surface area contributed by atoms with Gasteiger partial charge in [-0.3, -0.25) is 9.59 Å². The minimum absolute atomic E-state index is 0.0606. The van der Waals surface area contributed by atoms with Gasteiger partial charge < -0.3 is 10.4 Å². The molecule has 0 heterocycles. The van der Waals surface area contributed by atoms with Crippen LogP contribution in [0.15, 0.2) is 36.4 Å². The second-order valence-corrected chi connectivity index (χ2v) is 6.81. The normalized spacial score (nSPS) is 21.4. The second kappa shape index (κ2) is 6.34. The van der Waals surface area contributed by atoms with Crippen molar-refractivity contribution in [3.63, 3.8) is 0 Å². The highest BCUT2D eigenvalue weighted by molar-refractivity contribution is 5.95. The van der Waals surface area contributed by atoms with E-state index in [9.17, 15) is 14.7 Å². The van der Waals surface area contributed by atoms with Crippen LogP contribution in [0.25, 0.3) is 0 Å². The minimum Gasteiger partial charge on any atom is -0.481 e. The highest BCUT2D eigenvalue weighted by atomic mass is 16.4. The first-order valence-electron chi connectivity index (χ1n) is 7.58. The topological polar surface area (TPSA) is 66.4 Å². The van der Waals surface area contributed by atoms with Crippen molar-refractivity contribution >= 4 is 17.6 Å². The van der Waals surface area contributed by atoms with Crippen LogP contribution in [0.1, 0.15) is 39.2 Å². The molecule has 1 aliphatic rings. The van der Waals surface area contributed by atoms with Crippen molar-refractivity contribution in [3.8, 4) is 0 Å². The predicted octanol–water partition coefficient (Wildman–Crippen LogP) is 3.59. The number of carboxylic acids is 1. The van der Waals surface area contributed by atoms with E-state index in [0.29, 0.717) is 18.5 Å². The van der Waals surface area contributed by atoms with Crippen molar-refractivity contribution in [1.82, 2.24) is 0 Å². The van der Waals surface area contributed by atoms with Crippen molar-refractivity contribution in [1.29, 1.82) is 0 Å². The molecule has 0 fully saturated rings. The highest BCUT2D eigenvalue weighted by Gasteiger charge is 2.33. The Kier molecular flexibility index (Phi) is 4.69. The van der Waals surface area contributed by atoms with Gasteiger partial charge in [-0.15, -0.1) is 0 Å². The largest absolute Gasteiger partial charge is 0.481 e. The van der Waals surface area contributed by atoms with Gasteiger partial charge >= 0.3 is 5.97 Å². The van der Waals surface area contributed by atoms with Crippen molar-refractivity contribution < 1.29 is 14.7 Å². The SMILES string of the molecule is CC(C)(C)c1ccc(NC(=O)[C@H]2CC=CC[C@H]2C(=O)O)cc1. The average Bonchev–Trinajstić information content (AvgIpc) is 2.46. The Bertz CT molecular complexity index is 581. The maximum atomic E-state index is 12.4. The molecule has 0 saturated heterocycles. The molecule has 1 aromatic carbocycles. The molecule has 2 rings (SSSR count). The maximum Gasteiger partial charge on any atom is 0.307 e. The van der Waals surface area contributed by atoms with Crippen molar-refractivity contribution in [2.45, 2.75) is 39.0 Å². The maximum absolute atomic E-state index is 12.4. The van der Waals surface area contributed by atoms with Crippen LogP contribution in [0.5, 0.6) is 0 Å². The van der Waals surface area contributed by atoms with E-state index in [-0.39, 0.29) is 11.3 Å². The molecule has 2 atom stereocenters. The standard InChI is InChI=1S/C18H23NO3/c1-18(2,3)12-8-10-13(11-9-12)19-16(20)14-6-4-5-7-15(14)17(21)22/h4-5,8-11,14-15H,6-7H2,1-3H3,(H,19,20)(H,21,22)/t14-,15+/m0/s1. The number of amides is 1. The first-order valence-corrected chi connectivity index (χ1v) is 7.58. The van der Waals surface area contributed by atoms with Gasteiger partial charge in [0.25, 0.3) is 0 Å². The third kappa shape index (κ3) is 3.75. The van der Waals surface area contributed by atoms with Gasteiger partial charge in [0.1, 0.15) is 0 Å². The third-order valence-corrected chi connectivity index (χ3v) is 4.10. The molecule has 1 aromatic rings. The van der Waals surface area contributed by atoms with Gasteiger partial charge in [-0.2, -0.15) is 0 Å². The molecule has 0 spiro atoms. The Morgan fingerprint density at radius 3 is 2.09 bits per heavy atom. The highest BCUT2D eigenvalue weighted by Crippen LogP contribution is 2.28. The molecule has 0 aliphatic heterocycles. The summed E-state index contributed by atoms with van der Waals surface area (Å²) in [7, 11) is 0. The fourth-order valence-electron chi connectivity index (χ4n) is 2.67. The van der Waals surface area contributed by atoms with E-state index >= 15 is 0 Å². The Morgan fingerprint density at radius 1 is 1.05 bits per heavy atom. The molecule has 0 radical (unpaired) electrons. The number of aliphatic carboxylic acids is 1. The molecule has 2 N–H and O–H groups in total. The Morgan fingerprint density at radius 2 is 1.59 bits per heavy atom. The fourth-order valence-corrected chi connectivity index (χ4v) is 2.67. The molecule has 22 heavy (non-hydrogen) atoms. The van der Waals surface area contributed by atoms with Crippen LogP contribution in [0.3, 0.4) is 0 Å². The number of hydrogen-bond donors (Lipinski definition) is 2. The third-order valence-electron chi connectivity index (χ3n) is 4.10. The van der Waals surface area contributed by atoms with Crippen molar-refractivity contribution in [3.05, 3.63) is 42.0 Å². The number of anilines is 1. The smallest absolute Gasteiger partial charge is 0.307 e. The summed E-state index contributed by atoms with van der Waals surface area (Å²) in [5, 5.41) is 12.1. The number of rotatable bonds is 3. The van der Waals surface area contributed by atoms with Gasteiger partial charge in [0.05, 0.1) is 11.8 Å². The molecule has 1 aliphatic carbocycles. The first kappa shape index (κ1) is 16.3. The van der Waals surface area contributed by atoms with Gasteiger partial charge in [-0.1, -0.05) is 45.1 Å². The van der Waals surface area contributed by atoms with E-state index in [4.69, 9.17) is 0 Å². The van der Waals surface area contributed by atoms with Crippen LogP contribution in [0.4, 0.5) is 5.69 Å². The van der Waals surface area contributed by atoms with Gasteiger partial charge in [0, 0.05) is 5.69 Å². The lowest BCUT2D eigenvalue weighted by Gasteiger charge is -2.24. The predicted molar refractivity (Wildman–Crippen MR) is 86.8 cm³/mol. The summed E-state index contributed by atoms with van der Waals surface area (Å²) in [5.41, 5.74) is 1.96. The van der Waals surface area contributed by atoms with E-state index in [2.05, 4.69) is 26.1 Å². The average molecular weight is 301 g/mol. The fraction of sp³-hybridized carbons (Fsp3) is 0.444. The van der Waals surface area contributed by atoms with Gasteiger partial charge in [-0.05, 0) is 36.0 Å². The lowest BCUT2D eigenvalue weighted by atomic mass is 9.82. The van der Waals surface area contributed by atoms with Gasteiger partial charge in [0.2, 0.25) is 5.91 Å². The minimum atomic E-state index is -0.910. The van der Waals surface area contributed by atoms with Crippen molar-refractivity contribution in [2.24, 2.45) is 11.8 Å². The zero-order valence-corrected chi connectivity index (χ0v) is 13.3. The number of allylic oxidation sites excluding steroid dienone is 2. The summed E-state index contributed by atoms with van der Waals surface area (Å²) in [5.74, 6) is -2.28. The lowest BCUT2D eigenvalue weighted by molar-refractivity contribution is -0.146. The van der Waals surface area contributed by atoms with E-state index in [1.807, 2.05) is 36.4 Å². The van der Waals surface area contributed by atoms with Gasteiger partial charge in [0.15, 0.2) is 0 Å². The van der Waals surface area contributed by atoms with Gasteiger partial charge in [-0.25, -0.2) is 0 Å². The number of nitrogens with one attached hydrogen (secondary N) is 1. The number of carbonyl (C=O) groups excluding carboxylic acids is 1. The summed E-state index contributed by atoms with van der Waals surface area (Å²) in [6.45, 7) is 6.39. The lowest BCUT2D eigenvalue weighted by Crippen LogP contribution is -2.34. The van der Waals surface area contributed by atoms with Crippen LogP contribution >= 0.6 is 0 Å². The summed E-state index contributed by atoms with van der Waals surface area (Å²) >= 11 is 0. The molecule has 0 unspecified atom stereocenters. The Labute approximate surface area is 131 Å². The van der Waals surface area contributed by atoms with E-state index in [1.165, 1.54) is 5.56 Å². The summed E-state index contributed by atoms with van der Waals surface area (Å²) in [6.07, 6.45) is 4.60. The zero-order chi connectivity index (χ0) is 16.3. The Balaban J connectivity index is 2.08. The van der Waals surface area contributed by atoms with E-state index in [0.717, 1.165) is 0 Å². The van der Waals surface area contributed by atoms with Crippen LogP contribution in [-0.4, -0.2) is 17.0 Å². The zero-order valence-electron chi connectivity index (χ0n) is 13.3. The second-order valence-electron chi connectivity index (χ2n) is 6.81. The number of hydrogen-bond acceptors (Lipinski definition) is 2. The van der Waals surface area contributed by atoms with Crippen molar-refractivity contribution in [2.75, 3.05) is 5.32 Å². The molecular formula is C18H23NO3. The van der Waals surface area contributed by atoms with Crippen LogP contribution < -0.4 is 5.32 Å². The molecule has 118 valence electrons. The number of carbonyl (C=O) groups is 2. The molecule has 0 aromatic heterocycles. The number of benzene rings is 1. The summed E-state index contributed by atoms with van der Waals surface area (Å²) in [6, 6.07) is 7.72. The molecular weight excluding hydrogens is 278 g/mol. The van der Waals surface area contributed by atoms with E-state index < -0.39 is 17.8 Å². The molecule has 0 saturated carbocycles. The van der Waals surface area contributed by atoms with Crippen LogP contribution in [-0.2, 0) is 15.0 Å². The quantitative estimate of drug-likeness (QED) is 0.838. The molecule has 0 bridgehead atoms. The van der Waals surface area contributed by atoms with E-state index in [1.54, 1.807) is 0 Å². The molecule has 4 nitrogen and oxygen atoms in total. The Hall–Kier alpha value is -2.10. The number of carboxylic acid groups (broad SMARTS) is 1. The van der Waals surface area contributed by atoms with Crippen LogP contribution in [0, 0.1) is 11.8 Å². The molecule has 4 heteroatoms.